The number of ether oxygens (including phenoxy) is 1. The summed E-state index contributed by atoms with van der Waals surface area (Å²) < 4.78 is 7.60. The van der Waals surface area contributed by atoms with Gasteiger partial charge in [-0.25, -0.2) is 4.98 Å². The Kier molecular flexibility index (Phi) is 5.39. The van der Waals surface area contributed by atoms with Crippen LogP contribution in [0, 0.1) is 0 Å². The summed E-state index contributed by atoms with van der Waals surface area (Å²) in [4.78, 5) is 17.4. The quantitative estimate of drug-likeness (QED) is 0.573. The van der Waals surface area contributed by atoms with Crippen molar-refractivity contribution in [2.45, 2.75) is 36.2 Å². The van der Waals surface area contributed by atoms with Crippen molar-refractivity contribution in [3.05, 3.63) is 60.8 Å². The van der Waals surface area contributed by atoms with Gasteiger partial charge in [0.05, 0.1) is 29.9 Å². The third-order valence-corrected chi connectivity index (χ3v) is 5.84. The Morgan fingerprint density at radius 3 is 2.61 bits per heavy atom. The Morgan fingerprint density at radius 1 is 1.18 bits per heavy atom. The van der Waals surface area contributed by atoms with Crippen molar-refractivity contribution in [1.82, 2.24) is 9.55 Å². The normalized spacial score (nSPS) is 14.5. The molecule has 1 N–H and O–H groups in total. The van der Waals surface area contributed by atoms with Crippen LogP contribution >= 0.6 is 11.8 Å². The first-order chi connectivity index (χ1) is 13.7. The van der Waals surface area contributed by atoms with Crippen molar-refractivity contribution in [3.63, 3.8) is 0 Å². The summed E-state index contributed by atoms with van der Waals surface area (Å²) in [5.41, 5.74) is 2.95. The number of benzene rings is 2. The molecular formula is C22H23N3O2S. The van der Waals surface area contributed by atoms with Crippen LogP contribution in [0.25, 0.3) is 11.3 Å². The first-order valence-corrected chi connectivity index (χ1v) is 10.3. The summed E-state index contributed by atoms with van der Waals surface area (Å²) in [6.07, 6.45) is 4.23. The van der Waals surface area contributed by atoms with Crippen LogP contribution in [-0.2, 0) is 4.79 Å². The van der Waals surface area contributed by atoms with E-state index in [1.807, 2.05) is 55.6 Å². The Labute approximate surface area is 169 Å². The monoisotopic (exact) mass is 393 g/mol. The second kappa shape index (κ2) is 8.10. The Bertz CT molecular complexity index is 967. The minimum atomic E-state index is -0.284. The maximum Gasteiger partial charge on any atom is 0.237 e. The highest BCUT2D eigenvalue weighted by atomic mass is 32.2. The molecule has 28 heavy (non-hydrogen) atoms. The average molecular weight is 394 g/mol. The van der Waals surface area contributed by atoms with Gasteiger partial charge in [-0.1, -0.05) is 54.2 Å². The molecule has 1 heterocycles. The molecule has 0 saturated heterocycles. The van der Waals surface area contributed by atoms with Crippen molar-refractivity contribution >= 4 is 23.4 Å². The van der Waals surface area contributed by atoms with E-state index in [-0.39, 0.29) is 11.2 Å². The maximum atomic E-state index is 12.7. The number of amides is 1. The lowest BCUT2D eigenvalue weighted by Gasteiger charge is -2.15. The number of hydrogen-bond acceptors (Lipinski definition) is 4. The second-order valence-electron chi connectivity index (χ2n) is 6.84. The Morgan fingerprint density at radius 2 is 1.89 bits per heavy atom. The van der Waals surface area contributed by atoms with Gasteiger partial charge in [0, 0.05) is 6.04 Å². The Balaban J connectivity index is 1.52. The van der Waals surface area contributed by atoms with E-state index in [0.717, 1.165) is 29.3 Å². The molecule has 1 amide bonds. The van der Waals surface area contributed by atoms with Gasteiger partial charge in [0.25, 0.3) is 0 Å². The number of para-hydroxylation sites is 2. The lowest BCUT2D eigenvalue weighted by atomic mass is 10.2. The molecule has 6 heteroatoms. The minimum absolute atomic E-state index is 0.0684. The number of nitrogens with one attached hydrogen (secondary N) is 1. The van der Waals surface area contributed by atoms with Crippen LogP contribution in [-0.4, -0.2) is 27.8 Å². The molecule has 0 bridgehead atoms. The number of hydrogen-bond donors (Lipinski definition) is 1. The fourth-order valence-corrected chi connectivity index (χ4v) is 4.09. The molecule has 2 aromatic carbocycles. The third kappa shape index (κ3) is 3.92. The van der Waals surface area contributed by atoms with Gasteiger partial charge >= 0.3 is 0 Å². The summed E-state index contributed by atoms with van der Waals surface area (Å²) >= 11 is 1.49. The number of anilines is 1. The van der Waals surface area contributed by atoms with Crippen LogP contribution in [0.5, 0.6) is 5.75 Å². The molecule has 5 nitrogen and oxygen atoms in total. The third-order valence-electron chi connectivity index (χ3n) is 4.76. The lowest BCUT2D eigenvalue weighted by molar-refractivity contribution is -0.115. The number of carbonyl (C=O) groups excluding carboxylic acids is 1. The molecule has 144 valence electrons. The van der Waals surface area contributed by atoms with Crippen LogP contribution in [0.1, 0.15) is 25.8 Å². The highest BCUT2D eigenvalue weighted by Crippen LogP contribution is 2.42. The molecule has 1 atom stereocenters. The number of carbonyl (C=O) groups is 1. The SMILES string of the molecule is COc1ccccc1NC(=O)C(C)Sc1ncc(-c2ccccc2)n1C1CC1. The van der Waals surface area contributed by atoms with E-state index in [1.54, 1.807) is 7.11 Å². The van der Waals surface area contributed by atoms with Crippen LogP contribution in [0.2, 0.25) is 0 Å². The molecule has 0 aliphatic heterocycles. The van der Waals surface area contributed by atoms with Crippen LogP contribution in [0.4, 0.5) is 5.69 Å². The predicted molar refractivity (Wildman–Crippen MR) is 113 cm³/mol. The summed E-state index contributed by atoms with van der Waals surface area (Å²) in [5, 5.41) is 3.57. The fourth-order valence-electron chi connectivity index (χ4n) is 3.13. The molecule has 0 radical (unpaired) electrons. The molecular weight excluding hydrogens is 370 g/mol. The van der Waals surface area contributed by atoms with Gasteiger partial charge in [-0.3, -0.25) is 4.79 Å². The lowest BCUT2D eigenvalue weighted by Crippen LogP contribution is -2.23. The molecule has 0 spiro atoms. The Hall–Kier alpha value is -2.73. The van der Waals surface area contributed by atoms with E-state index in [1.165, 1.54) is 11.8 Å². The molecule has 4 rings (SSSR count). The zero-order valence-corrected chi connectivity index (χ0v) is 16.8. The number of rotatable bonds is 7. The van der Waals surface area contributed by atoms with E-state index in [0.29, 0.717) is 17.5 Å². The first kappa shape index (κ1) is 18.6. The van der Waals surface area contributed by atoms with E-state index in [4.69, 9.17) is 4.74 Å². The van der Waals surface area contributed by atoms with Gasteiger partial charge in [0.1, 0.15) is 5.75 Å². The van der Waals surface area contributed by atoms with Gasteiger partial charge in [-0.2, -0.15) is 0 Å². The average Bonchev–Trinajstić information content (AvgIpc) is 3.49. The van der Waals surface area contributed by atoms with Crippen molar-refractivity contribution in [2.24, 2.45) is 0 Å². The topological polar surface area (TPSA) is 56.1 Å². The number of methoxy groups -OCH3 is 1. The summed E-state index contributed by atoms with van der Waals surface area (Å²) in [6.45, 7) is 1.91. The zero-order valence-electron chi connectivity index (χ0n) is 16.0. The standard InChI is InChI=1S/C22H23N3O2S/c1-15(21(26)24-18-10-6-7-11-20(18)27-2)28-22-23-14-19(25(22)17-12-13-17)16-8-4-3-5-9-16/h3-11,14-15,17H,12-13H2,1-2H3,(H,24,26). The summed E-state index contributed by atoms with van der Waals surface area (Å²) in [6, 6.07) is 18.2. The van der Waals surface area contributed by atoms with E-state index in [2.05, 4.69) is 27.0 Å². The summed E-state index contributed by atoms with van der Waals surface area (Å²) in [5.74, 6) is 0.583. The number of imidazole rings is 1. The largest absolute Gasteiger partial charge is 0.495 e. The second-order valence-corrected chi connectivity index (χ2v) is 8.15. The molecule has 1 aliphatic carbocycles. The van der Waals surface area contributed by atoms with Gasteiger partial charge in [0.15, 0.2) is 5.16 Å². The predicted octanol–water partition coefficient (Wildman–Crippen LogP) is 5.01. The maximum absolute atomic E-state index is 12.7. The van der Waals surface area contributed by atoms with Gasteiger partial charge in [-0.15, -0.1) is 0 Å². The number of aromatic nitrogens is 2. The van der Waals surface area contributed by atoms with Gasteiger partial charge in [0.2, 0.25) is 5.91 Å². The van der Waals surface area contributed by atoms with Crippen molar-refractivity contribution < 1.29 is 9.53 Å². The highest BCUT2D eigenvalue weighted by Gasteiger charge is 2.30. The molecule has 1 aromatic heterocycles. The van der Waals surface area contributed by atoms with Crippen molar-refractivity contribution in [3.8, 4) is 17.0 Å². The summed E-state index contributed by atoms with van der Waals surface area (Å²) in [7, 11) is 1.60. The molecule has 1 unspecified atom stereocenters. The zero-order chi connectivity index (χ0) is 19.5. The van der Waals surface area contributed by atoms with Gasteiger partial charge in [-0.05, 0) is 37.5 Å². The van der Waals surface area contributed by atoms with E-state index >= 15 is 0 Å². The fraction of sp³-hybridized carbons (Fsp3) is 0.273. The van der Waals surface area contributed by atoms with E-state index in [9.17, 15) is 4.79 Å². The van der Waals surface area contributed by atoms with Crippen LogP contribution in [0.15, 0.2) is 66.0 Å². The van der Waals surface area contributed by atoms with E-state index < -0.39 is 0 Å². The molecule has 1 fully saturated rings. The van der Waals surface area contributed by atoms with Gasteiger partial charge < -0.3 is 14.6 Å². The number of thioether (sulfide) groups is 1. The molecule has 1 aliphatic rings. The molecule has 3 aromatic rings. The van der Waals surface area contributed by atoms with Crippen molar-refractivity contribution in [1.29, 1.82) is 0 Å². The smallest absolute Gasteiger partial charge is 0.237 e. The number of nitrogens with zero attached hydrogens (tertiary/aromatic N) is 2. The first-order valence-electron chi connectivity index (χ1n) is 9.40. The molecule has 1 saturated carbocycles. The van der Waals surface area contributed by atoms with Crippen LogP contribution < -0.4 is 10.1 Å². The highest BCUT2D eigenvalue weighted by molar-refractivity contribution is 8.00. The minimum Gasteiger partial charge on any atom is -0.495 e. The van der Waals surface area contributed by atoms with Crippen molar-refractivity contribution in [2.75, 3.05) is 12.4 Å². The van der Waals surface area contributed by atoms with Crippen LogP contribution in [0.3, 0.4) is 0 Å².